The molecule has 26 heavy (non-hydrogen) atoms. The van der Waals surface area contributed by atoms with Gasteiger partial charge in [-0.1, -0.05) is 31.4 Å². The zero-order valence-corrected chi connectivity index (χ0v) is 14.1. The molecule has 3 rings (SSSR count). The number of halogens is 3. The van der Waals surface area contributed by atoms with Crippen LogP contribution in [0.5, 0.6) is 5.75 Å². The van der Waals surface area contributed by atoms with Crippen molar-refractivity contribution in [2.45, 2.75) is 44.3 Å². The van der Waals surface area contributed by atoms with Crippen molar-refractivity contribution in [3.63, 3.8) is 0 Å². The van der Waals surface area contributed by atoms with E-state index in [-0.39, 0.29) is 28.8 Å². The third-order valence-corrected chi connectivity index (χ3v) is 4.70. The van der Waals surface area contributed by atoms with Crippen LogP contribution < -0.4 is 5.32 Å². The highest BCUT2D eigenvalue weighted by atomic mass is 19.4. The van der Waals surface area contributed by atoms with E-state index in [2.05, 4.69) is 5.32 Å². The van der Waals surface area contributed by atoms with Crippen LogP contribution in [0.3, 0.4) is 0 Å². The number of aromatic hydroxyl groups is 1. The molecule has 0 aliphatic heterocycles. The van der Waals surface area contributed by atoms with Crippen molar-refractivity contribution < 1.29 is 23.1 Å². The Hall–Kier alpha value is -2.50. The summed E-state index contributed by atoms with van der Waals surface area (Å²) in [4.78, 5) is 12.5. The molecule has 2 aromatic rings. The van der Waals surface area contributed by atoms with Gasteiger partial charge in [0.15, 0.2) is 0 Å². The van der Waals surface area contributed by atoms with E-state index in [4.69, 9.17) is 0 Å². The van der Waals surface area contributed by atoms with Crippen molar-refractivity contribution in [1.29, 1.82) is 0 Å². The van der Waals surface area contributed by atoms with Crippen molar-refractivity contribution in [3.05, 3.63) is 53.6 Å². The number of phenols is 1. The van der Waals surface area contributed by atoms with Crippen LogP contribution in [-0.2, 0) is 6.18 Å². The van der Waals surface area contributed by atoms with Gasteiger partial charge in [0.25, 0.3) is 5.91 Å². The second kappa shape index (κ2) is 7.40. The first-order chi connectivity index (χ1) is 12.3. The first kappa shape index (κ1) is 18.3. The van der Waals surface area contributed by atoms with Crippen LogP contribution in [0.4, 0.5) is 13.2 Å². The van der Waals surface area contributed by atoms with Gasteiger partial charge < -0.3 is 10.4 Å². The Morgan fingerprint density at radius 1 is 1.04 bits per heavy atom. The molecule has 0 heterocycles. The maximum atomic E-state index is 12.9. The molecule has 138 valence electrons. The Labute approximate surface area is 149 Å². The Morgan fingerprint density at radius 3 is 2.46 bits per heavy atom. The van der Waals surface area contributed by atoms with Crippen LogP contribution in [0.25, 0.3) is 11.1 Å². The molecule has 3 nitrogen and oxygen atoms in total. The number of benzene rings is 2. The zero-order valence-electron chi connectivity index (χ0n) is 14.1. The van der Waals surface area contributed by atoms with Gasteiger partial charge in [-0.05, 0) is 48.7 Å². The first-order valence-electron chi connectivity index (χ1n) is 8.66. The topological polar surface area (TPSA) is 49.3 Å². The third-order valence-electron chi connectivity index (χ3n) is 4.70. The molecule has 0 aromatic heterocycles. The molecule has 1 aliphatic carbocycles. The van der Waals surface area contributed by atoms with Crippen molar-refractivity contribution in [2.75, 3.05) is 0 Å². The van der Waals surface area contributed by atoms with E-state index in [0.29, 0.717) is 5.56 Å². The van der Waals surface area contributed by atoms with Crippen molar-refractivity contribution in [1.82, 2.24) is 5.32 Å². The number of phenolic OH excluding ortho intramolecular Hbond substituents is 1. The summed E-state index contributed by atoms with van der Waals surface area (Å²) in [6, 6.07) is 9.08. The van der Waals surface area contributed by atoms with Gasteiger partial charge in [-0.3, -0.25) is 4.79 Å². The van der Waals surface area contributed by atoms with E-state index in [9.17, 15) is 23.1 Å². The number of hydrogen-bond acceptors (Lipinski definition) is 2. The van der Waals surface area contributed by atoms with E-state index in [0.717, 1.165) is 37.8 Å². The fourth-order valence-corrected chi connectivity index (χ4v) is 3.29. The summed E-state index contributed by atoms with van der Waals surface area (Å²) in [5, 5.41) is 13.0. The maximum absolute atomic E-state index is 12.9. The summed E-state index contributed by atoms with van der Waals surface area (Å²) < 4.78 is 38.8. The second-order valence-electron chi connectivity index (χ2n) is 6.62. The van der Waals surface area contributed by atoms with Crippen molar-refractivity contribution in [2.24, 2.45) is 0 Å². The number of nitrogens with one attached hydrogen (secondary N) is 1. The molecule has 0 spiro atoms. The van der Waals surface area contributed by atoms with E-state index in [1.807, 2.05) is 0 Å². The van der Waals surface area contributed by atoms with Gasteiger partial charge in [-0.25, -0.2) is 0 Å². The molecule has 1 aliphatic rings. The van der Waals surface area contributed by atoms with E-state index < -0.39 is 11.7 Å². The molecule has 2 aromatic carbocycles. The van der Waals surface area contributed by atoms with Crippen LogP contribution in [0.1, 0.15) is 48.0 Å². The molecule has 1 amide bonds. The number of amides is 1. The number of alkyl halides is 3. The lowest BCUT2D eigenvalue weighted by molar-refractivity contribution is -0.137. The van der Waals surface area contributed by atoms with Crippen LogP contribution in [-0.4, -0.2) is 17.1 Å². The Balaban J connectivity index is 1.87. The van der Waals surface area contributed by atoms with Gasteiger partial charge in [-0.2, -0.15) is 13.2 Å². The fraction of sp³-hybridized carbons (Fsp3) is 0.350. The Kier molecular flexibility index (Phi) is 5.20. The summed E-state index contributed by atoms with van der Waals surface area (Å²) in [5.41, 5.74) is -0.0655. The SMILES string of the molecule is O=C(NC1CCCCC1)c1ccc(O)c(-c2cccc(C(F)(F)F)c2)c1. The van der Waals surface area contributed by atoms with Crippen molar-refractivity contribution in [3.8, 4) is 16.9 Å². The summed E-state index contributed by atoms with van der Waals surface area (Å²) in [6.45, 7) is 0. The predicted molar refractivity (Wildman–Crippen MR) is 92.9 cm³/mol. The standard InChI is InChI=1S/C20H20F3NO2/c21-20(22,23)15-6-4-5-13(11-15)17-12-14(9-10-18(17)25)19(26)24-16-7-2-1-3-8-16/h4-6,9-12,16,25H,1-3,7-8H2,(H,24,26). The van der Waals surface area contributed by atoms with Gasteiger partial charge in [-0.15, -0.1) is 0 Å². The predicted octanol–water partition coefficient (Wildman–Crippen LogP) is 5.14. The van der Waals surface area contributed by atoms with E-state index in [1.165, 1.54) is 36.8 Å². The van der Waals surface area contributed by atoms with Gasteiger partial charge >= 0.3 is 6.18 Å². The molecule has 0 radical (unpaired) electrons. The van der Waals surface area contributed by atoms with E-state index >= 15 is 0 Å². The quantitative estimate of drug-likeness (QED) is 0.793. The average Bonchev–Trinajstić information content (AvgIpc) is 2.62. The second-order valence-corrected chi connectivity index (χ2v) is 6.62. The van der Waals surface area contributed by atoms with Gasteiger partial charge in [0.1, 0.15) is 5.75 Å². The normalized spacial score (nSPS) is 15.7. The molecule has 1 saturated carbocycles. The van der Waals surface area contributed by atoms with Crippen molar-refractivity contribution >= 4 is 5.91 Å². The summed E-state index contributed by atoms with van der Waals surface area (Å²) >= 11 is 0. The minimum atomic E-state index is -4.47. The summed E-state index contributed by atoms with van der Waals surface area (Å²) in [5.74, 6) is -0.441. The third kappa shape index (κ3) is 4.18. The highest BCUT2D eigenvalue weighted by Gasteiger charge is 2.30. The number of hydrogen-bond donors (Lipinski definition) is 2. The Morgan fingerprint density at radius 2 is 1.77 bits per heavy atom. The lowest BCUT2D eigenvalue weighted by atomic mass is 9.95. The molecule has 0 bridgehead atoms. The molecular weight excluding hydrogens is 343 g/mol. The molecule has 0 unspecified atom stereocenters. The lowest BCUT2D eigenvalue weighted by Gasteiger charge is -2.23. The number of rotatable bonds is 3. The molecular formula is C20H20F3NO2. The minimum Gasteiger partial charge on any atom is -0.507 e. The van der Waals surface area contributed by atoms with Gasteiger partial charge in [0.05, 0.1) is 5.56 Å². The molecule has 1 fully saturated rings. The molecule has 0 saturated heterocycles. The van der Waals surface area contributed by atoms with Gasteiger partial charge in [0, 0.05) is 17.2 Å². The lowest BCUT2D eigenvalue weighted by Crippen LogP contribution is -2.36. The first-order valence-corrected chi connectivity index (χ1v) is 8.66. The van der Waals surface area contributed by atoms with Crippen LogP contribution in [0.15, 0.2) is 42.5 Å². The zero-order chi connectivity index (χ0) is 18.7. The largest absolute Gasteiger partial charge is 0.507 e. The molecule has 6 heteroatoms. The van der Waals surface area contributed by atoms with Gasteiger partial charge in [0.2, 0.25) is 0 Å². The Bertz CT molecular complexity index is 796. The fourth-order valence-electron chi connectivity index (χ4n) is 3.29. The highest BCUT2D eigenvalue weighted by molar-refractivity contribution is 5.96. The average molecular weight is 363 g/mol. The number of carbonyl (C=O) groups excluding carboxylic acids is 1. The summed E-state index contributed by atoms with van der Waals surface area (Å²) in [7, 11) is 0. The minimum absolute atomic E-state index is 0.127. The van der Waals surface area contributed by atoms with Crippen LogP contribution in [0, 0.1) is 0 Å². The summed E-state index contributed by atoms with van der Waals surface area (Å²) in [6.07, 6.45) is 0.730. The van der Waals surface area contributed by atoms with Crippen LogP contribution >= 0.6 is 0 Å². The number of carbonyl (C=O) groups is 1. The van der Waals surface area contributed by atoms with E-state index in [1.54, 1.807) is 0 Å². The highest BCUT2D eigenvalue weighted by Crippen LogP contribution is 2.35. The monoisotopic (exact) mass is 363 g/mol. The smallest absolute Gasteiger partial charge is 0.416 e. The molecule has 0 atom stereocenters. The molecule has 2 N–H and O–H groups in total. The van der Waals surface area contributed by atoms with Crippen LogP contribution in [0.2, 0.25) is 0 Å². The maximum Gasteiger partial charge on any atom is 0.416 e.